The van der Waals surface area contributed by atoms with Gasteiger partial charge in [0.15, 0.2) is 0 Å². The van der Waals surface area contributed by atoms with Crippen LogP contribution in [0.15, 0.2) is 18.2 Å². The molecule has 0 saturated carbocycles. The fraction of sp³-hybridized carbons (Fsp3) is 0.385. The van der Waals surface area contributed by atoms with Crippen LogP contribution in [-0.4, -0.2) is 41.3 Å². The van der Waals surface area contributed by atoms with Gasteiger partial charge in [-0.05, 0) is 41.5 Å². The Labute approximate surface area is 135 Å². The molecule has 0 bridgehead atoms. The number of carbonyl (C=O) groups is 2. The van der Waals surface area contributed by atoms with Gasteiger partial charge >= 0.3 is 0 Å². The van der Waals surface area contributed by atoms with Gasteiger partial charge in [-0.25, -0.2) is 0 Å². The zero-order chi connectivity index (χ0) is 15.6. The molecule has 21 heavy (non-hydrogen) atoms. The largest absolute Gasteiger partial charge is 0.357 e. The molecule has 1 fully saturated rings. The second-order valence-corrected chi connectivity index (χ2v) is 5.85. The van der Waals surface area contributed by atoms with E-state index in [2.05, 4.69) is 5.32 Å². The topological polar surface area (TPSA) is 92.6 Å². The molecule has 1 aromatic rings. The van der Waals surface area contributed by atoms with Gasteiger partial charge in [-0.15, -0.1) is 0 Å². The van der Waals surface area contributed by atoms with Gasteiger partial charge in [0.25, 0.3) is 11.6 Å². The summed E-state index contributed by atoms with van der Waals surface area (Å²) in [7, 11) is 1.53. The summed E-state index contributed by atoms with van der Waals surface area (Å²) in [6.45, 7) is 0.482. The van der Waals surface area contributed by atoms with E-state index in [1.165, 1.54) is 30.1 Å². The third-order valence-corrected chi connectivity index (χ3v) is 4.39. The predicted octanol–water partition coefficient (Wildman–Crippen LogP) is 1.55. The summed E-state index contributed by atoms with van der Waals surface area (Å²) < 4.78 is 0.630. The highest BCUT2D eigenvalue weighted by Crippen LogP contribution is 2.25. The molecule has 0 aliphatic carbocycles. The van der Waals surface area contributed by atoms with Crippen molar-refractivity contribution in [2.45, 2.75) is 18.9 Å². The minimum Gasteiger partial charge on any atom is -0.357 e. The molecule has 2 amide bonds. The van der Waals surface area contributed by atoms with Gasteiger partial charge in [-0.1, -0.05) is 0 Å². The van der Waals surface area contributed by atoms with E-state index in [0.29, 0.717) is 16.5 Å². The van der Waals surface area contributed by atoms with Crippen LogP contribution in [0.4, 0.5) is 5.69 Å². The first-order chi connectivity index (χ1) is 9.95. The van der Waals surface area contributed by atoms with Crippen LogP contribution in [0.5, 0.6) is 0 Å². The van der Waals surface area contributed by atoms with E-state index in [0.717, 1.165) is 6.42 Å². The van der Waals surface area contributed by atoms with Gasteiger partial charge in [-0.2, -0.15) is 0 Å². The fourth-order valence-electron chi connectivity index (χ4n) is 2.39. The summed E-state index contributed by atoms with van der Waals surface area (Å²) in [6, 6.07) is 3.66. The number of benzene rings is 1. The molecule has 1 aliphatic heterocycles. The van der Waals surface area contributed by atoms with Crippen molar-refractivity contribution in [1.29, 1.82) is 0 Å². The number of hydrogen-bond acceptors (Lipinski definition) is 4. The second-order valence-electron chi connectivity index (χ2n) is 4.69. The Balaban J connectivity index is 2.33. The molecule has 1 saturated heterocycles. The minimum atomic E-state index is -0.535. The predicted molar refractivity (Wildman–Crippen MR) is 83.9 cm³/mol. The molecule has 1 aliphatic rings. The van der Waals surface area contributed by atoms with Crippen molar-refractivity contribution in [1.82, 2.24) is 10.2 Å². The smallest absolute Gasteiger partial charge is 0.270 e. The number of non-ortho nitro benzene ring substituents is 1. The maximum absolute atomic E-state index is 12.6. The van der Waals surface area contributed by atoms with E-state index in [-0.39, 0.29) is 23.1 Å². The molecule has 2 rings (SSSR count). The van der Waals surface area contributed by atoms with Crippen LogP contribution in [0, 0.1) is 13.7 Å². The van der Waals surface area contributed by atoms with Gasteiger partial charge < -0.3 is 10.2 Å². The Morgan fingerprint density at radius 3 is 2.81 bits per heavy atom. The van der Waals surface area contributed by atoms with Crippen LogP contribution in [0.25, 0.3) is 0 Å². The summed E-state index contributed by atoms with van der Waals surface area (Å²) in [5.41, 5.74) is 0.134. The lowest BCUT2D eigenvalue weighted by atomic mass is 10.1. The molecule has 1 heterocycles. The monoisotopic (exact) mass is 403 g/mol. The quantitative estimate of drug-likeness (QED) is 0.471. The molecule has 1 N–H and O–H groups in total. The molecule has 1 aromatic carbocycles. The SMILES string of the molecule is CNC(=O)C1CCCN1C(=O)c1cc([N+](=O)[O-])ccc1I. The molecule has 8 heteroatoms. The van der Waals surface area contributed by atoms with Crippen molar-refractivity contribution >= 4 is 40.1 Å². The van der Waals surface area contributed by atoms with E-state index < -0.39 is 11.0 Å². The number of hydrogen-bond donors (Lipinski definition) is 1. The lowest BCUT2D eigenvalue weighted by Gasteiger charge is -2.23. The zero-order valence-corrected chi connectivity index (χ0v) is 13.5. The molecule has 0 radical (unpaired) electrons. The minimum absolute atomic E-state index is 0.130. The Bertz CT molecular complexity index is 605. The van der Waals surface area contributed by atoms with Crippen LogP contribution >= 0.6 is 22.6 Å². The first-order valence-electron chi connectivity index (χ1n) is 6.42. The molecule has 1 atom stereocenters. The van der Waals surface area contributed by atoms with E-state index in [9.17, 15) is 19.7 Å². The third kappa shape index (κ3) is 3.14. The second kappa shape index (κ2) is 6.37. The molecule has 112 valence electrons. The van der Waals surface area contributed by atoms with Crippen LogP contribution in [0.3, 0.4) is 0 Å². The van der Waals surface area contributed by atoms with Crippen molar-refractivity contribution in [3.8, 4) is 0 Å². The molecular weight excluding hydrogens is 389 g/mol. The number of amides is 2. The molecule has 0 spiro atoms. The number of nitrogens with zero attached hydrogens (tertiary/aromatic N) is 2. The Kier molecular flexibility index (Phi) is 4.76. The zero-order valence-electron chi connectivity index (χ0n) is 11.3. The van der Waals surface area contributed by atoms with Gasteiger partial charge in [0.05, 0.1) is 10.5 Å². The van der Waals surface area contributed by atoms with Gasteiger partial charge in [0.2, 0.25) is 5.91 Å². The molecule has 0 aromatic heterocycles. The Morgan fingerprint density at radius 1 is 1.48 bits per heavy atom. The normalized spacial score (nSPS) is 17.6. The first-order valence-corrected chi connectivity index (χ1v) is 7.50. The maximum Gasteiger partial charge on any atom is 0.270 e. The van der Waals surface area contributed by atoms with Crippen molar-refractivity contribution in [2.75, 3.05) is 13.6 Å². The van der Waals surface area contributed by atoms with Gasteiger partial charge in [0.1, 0.15) is 6.04 Å². The first kappa shape index (κ1) is 15.7. The third-order valence-electron chi connectivity index (χ3n) is 3.45. The van der Waals surface area contributed by atoms with Crippen molar-refractivity contribution in [3.05, 3.63) is 37.4 Å². The summed E-state index contributed by atoms with van der Waals surface area (Å²) in [4.78, 5) is 36.2. The summed E-state index contributed by atoms with van der Waals surface area (Å²) >= 11 is 1.97. The number of carbonyl (C=O) groups excluding carboxylic acids is 2. The van der Waals surface area contributed by atoms with E-state index in [1.54, 1.807) is 0 Å². The van der Waals surface area contributed by atoms with Crippen molar-refractivity contribution < 1.29 is 14.5 Å². The van der Waals surface area contributed by atoms with E-state index in [4.69, 9.17) is 0 Å². The number of likely N-dealkylation sites (tertiary alicyclic amines) is 1. The van der Waals surface area contributed by atoms with Crippen LogP contribution < -0.4 is 5.32 Å². The molecule has 1 unspecified atom stereocenters. The average molecular weight is 403 g/mol. The van der Waals surface area contributed by atoms with Crippen LogP contribution in [0.1, 0.15) is 23.2 Å². The lowest BCUT2D eigenvalue weighted by Crippen LogP contribution is -2.45. The summed E-state index contributed by atoms with van der Waals surface area (Å²) in [6.07, 6.45) is 1.35. The summed E-state index contributed by atoms with van der Waals surface area (Å²) in [5, 5.41) is 13.4. The van der Waals surface area contributed by atoms with E-state index >= 15 is 0 Å². The Hall–Kier alpha value is -1.71. The number of likely N-dealkylation sites (N-methyl/N-ethyl adjacent to an activating group) is 1. The Morgan fingerprint density at radius 2 is 2.19 bits per heavy atom. The number of nitrogens with one attached hydrogen (secondary N) is 1. The molecule has 7 nitrogen and oxygen atoms in total. The van der Waals surface area contributed by atoms with Crippen LogP contribution in [0.2, 0.25) is 0 Å². The van der Waals surface area contributed by atoms with Gasteiger partial charge in [0, 0.05) is 29.3 Å². The number of nitro groups is 1. The standard InChI is InChI=1S/C13H14IN3O4/c1-15-12(18)11-3-2-6-16(11)13(19)9-7-8(17(20)21)4-5-10(9)14/h4-5,7,11H,2-3,6H2,1H3,(H,15,18). The average Bonchev–Trinajstić information content (AvgIpc) is 2.95. The number of halogens is 1. The highest BCUT2D eigenvalue weighted by molar-refractivity contribution is 14.1. The number of nitro benzene ring substituents is 1. The highest BCUT2D eigenvalue weighted by Gasteiger charge is 2.35. The van der Waals surface area contributed by atoms with Crippen molar-refractivity contribution in [2.24, 2.45) is 0 Å². The summed E-state index contributed by atoms with van der Waals surface area (Å²) in [5.74, 6) is -0.546. The van der Waals surface area contributed by atoms with Crippen molar-refractivity contribution in [3.63, 3.8) is 0 Å². The van der Waals surface area contributed by atoms with E-state index in [1.807, 2.05) is 22.6 Å². The number of rotatable bonds is 3. The maximum atomic E-state index is 12.6. The molecular formula is C13H14IN3O4. The highest BCUT2D eigenvalue weighted by atomic mass is 127. The van der Waals surface area contributed by atoms with Crippen LogP contribution in [-0.2, 0) is 4.79 Å². The van der Waals surface area contributed by atoms with Gasteiger partial charge in [-0.3, -0.25) is 19.7 Å². The fourth-order valence-corrected chi connectivity index (χ4v) is 2.96. The lowest BCUT2D eigenvalue weighted by molar-refractivity contribution is -0.384.